The number of carbonyl (C=O) groups excluding carboxylic acids is 1. The van der Waals surface area contributed by atoms with Crippen molar-refractivity contribution < 1.29 is 14.7 Å². The van der Waals surface area contributed by atoms with E-state index < -0.39 is 5.97 Å². The van der Waals surface area contributed by atoms with Crippen molar-refractivity contribution in [3.05, 3.63) is 84.1 Å². The number of hydrogen-bond acceptors (Lipinski definition) is 4. The predicted octanol–water partition coefficient (Wildman–Crippen LogP) is 5.15. The molecule has 6 nitrogen and oxygen atoms in total. The number of nitrogens with one attached hydrogen (secondary N) is 2. The van der Waals surface area contributed by atoms with Gasteiger partial charge in [0.15, 0.2) is 0 Å². The summed E-state index contributed by atoms with van der Waals surface area (Å²) in [6.45, 7) is 4.46. The lowest BCUT2D eigenvalue weighted by Crippen LogP contribution is -2.26. The Morgan fingerprint density at radius 1 is 0.938 bits per heavy atom. The van der Waals surface area contributed by atoms with Gasteiger partial charge in [-0.1, -0.05) is 68.4 Å². The van der Waals surface area contributed by atoms with Crippen LogP contribution in [0.2, 0.25) is 0 Å². The molecule has 32 heavy (non-hydrogen) atoms. The van der Waals surface area contributed by atoms with Gasteiger partial charge in [0.05, 0.1) is 18.0 Å². The number of aliphatic carboxylic acids is 1. The number of amides is 1. The fourth-order valence-electron chi connectivity index (χ4n) is 3.47. The fraction of sp³-hybridized carbons (Fsp3) is 0.269. The molecule has 3 N–H and O–H groups in total. The van der Waals surface area contributed by atoms with Crippen LogP contribution in [0, 0.1) is 5.92 Å². The average molecular weight is 432 g/mol. The first kappa shape index (κ1) is 23.0. The van der Waals surface area contributed by atoms with Gasteiger partial charge < -0.3 is 15.7 Å². The topological polar surface area (TPSA) is 91.3 Å². The summed E-state index contributed by atoms with van der Waals surface area (Å²) in [4.78, 5) is 27.1. The molecule has 0 saturated heterocycles. The minimum Gasteiger partial charge on any atom is -0.481 e. The van der Waals surface area contributed by atoms with Gasteiger partial charge in [-0.05, 0) is 41.2 Å². The first-order valence-corrected chi connectivity index (χ1v) is 10.8. The molecule has 1 atom stereocenters. The van der Waals surface area contributed by atoms with E-state index in [1.807, 2.05) is 18.2 Å². The van der Waals surface area contributed by atoms with E-state index in [0.29, 0.717) is 17.3 Å². The van der Waals surface area contributed by atoms with E-state index in [-0.39, 0.29) is 24.9 Å². The Morgan fingerprint density at radius 3 is 2.22 bits per heavy atom. The van der Waals surface area contributed by atoms with Gasteiger partial charge in [0.1, 0.15) is 5.82 Å². The summed E-state index contributed by atoms with van der Waals surface area (Å²) in [6, 6.07) is 22.4. The van der Waals surface area contributed by atoms with E-state index in [0.717, 1.165) is 6.42 Å². The molecule has 6 heteroatoms. The normalized spacial score (nSPS) is 11.7. The van der Waals surface area contributed by atoms with Gasteiger partial charge in [0, 0.05) is 12.7 Å². The fourth-order valence-corrected chi connectivity index (χ4v) is 3.47. The molecule has 0 saturated carbocycles. The number of pyridine rings is 1. The van der Waals surface area contributed by atoms with Crippen molar-refractivity contribution in [1.82, 2.24) is 10.3 Å². The van der Waals surface area contributed by atoms with Crippen LogP contribution in [0.3, 0.4) is 0 Å². The van der Waals surface area contributed by atoms with E-state index in [4.69, 9.17) is 5.11 Å². The Balaban J connectivity index is 1.69. The number of carbonyl (C=O) groups is 2. The summed E-state index contributed by atoms with van der Waals surface area (Å²) >= 11 is 0. The quantitative estimate of drug-likeness (QED) is 0.413. The zero-order valence-corrected chi connectivity index (χ0v) is 18.4. The van der Waals surface area contributed by atoms with E-state index in [1.54, 1.807) is 12.1 Å². The molecule has 0 radical (unpaired) electrons. The third-order valence-corrected chi connectivity index (χ3v) is 5.10. The number of carboxylic acids is 1. The lowest BCUT2D eigenvalue weighted by molar-refractivity contribution is -0.136. The summed E-state index contributed by atoms with van der Waals surface area (Å²) in [7, 11) is 0. The second kappa shape index (κ2) is 11.1. The van der Waals surface area contributed by atoms with E-state index >= 15 is 0 Å². The van der Waals surface area contributed by atoms with Crippen LogP contribution >= 0.6 is 0 Å². The molecule has 0 aliphatic carbocycles. The van der Waals surface area contributed by atoms with Crippen LogP contribution in [0.25, 0.3) is 11.1 Å². The second-order valence-electron chi connectivity index (χ2n) is 8.15. The van der Waals surface area contributed by atoms with E-state index in [2.05, 4.69) is 65.9 Å². The molecule has 3 rings (SSSR count). The molecule has 0 bridgehead atoms. The van der Waals surface area contributed by atoms with Crippen LogP contribution < -0.4 is 10.6 Å². The molecule has 2 aromatic carbocycles. The molecule has 1 aromatic heterocycles. The molecule has 0 aliphatic heterocycles. The SMILES string of the molecule is CC(C)CC(Nc1ccc(C(=O)NCCC(=O)O)cn1)c1ccc(-c2ccccc2)cc1. The number of hydrogen-bond donors (Lipinski definition) is 3. The average Bonchev–Trinajstić information content (AvgIpc) is 2.79. The van der Waals surface area contributed by atoms with Gasteiger partial charge in [-0.25, -0.2) is 4.98 Å². The Bertz CT molecular complexity index is 1020. The molecular weight excluding hydrogens is 402 g/mol. The number of aromatic nitrogens is 1. The van der Waals surface area contributed by atoms with E-state index in [1.165, 1.54) is 22.9 Å². The van der Waals surface area contributed by atoms with Crippen LogP contribution in [0.1, 0.15) is 48.7 Å². The standard InChI is InChI=1S/C26H29N3O3/c1-18(2)16-23(21-10-8-20(9-11-21)19-6-4-3-5-7-19)29-24-13-12-22(17-28-24)26(32)27-15-14-25(30)31/h3-13,17-18,23H,14-16H2,1-2H3,(H,27,32)(H,28,29)(H,30,31). The van der Waals surface area contributed by atoms with Gasteiger partial charge in [-0.15, -0.1) is 0 Å². The van der Waals surface area contributed by atoms with Crippen LogP contribution in [0.15, 0.2) is 72.9 Å². The van der Waals surface area contributed by atoms with Crippen LogP contribution in [0.5, 0.6) is 0 Å². The van der Waals surface area contributed by atoms with Crippen molar-refractivity contribution in [2.24, 2.45) is 5.92 Å². The van der Waals surface area contributed by atoms with Gasteiger partial charge in [0.25, 0.3) is 5.91 Å². The van der Waals surface area contributed by atoms with Crippen LogP contribution in [-0.2, 0) is 4.79 Å². The lowest BCUT2D eigenvalue weighted by Gasteiger charge is -2.22. The monoisotopic (exact) mass is 431 g/mol. The van der Waals surface area contributed by atoms with Crippen molar-refractivity contribution in [3.63, 3.8) is 0 Å². The van der Waals surface area contributed by atoms with Gasteiger partial charge in [-0.3, -0.25) is 9.59 Å². The summed E-state index contributed by atoms with van der Waals surface area (Å²) in [5.74, 6) is -0.109. The summed E-state index contributed by atoms with van der Waals surface area (Å²) < 4.78 is 0. The van der Waals surface area contributed by atoms with Gasteiger partial charge >= 0.3 is 5.97 Å². The first-order chi connectivity index (χ1) is 15.4. The lowest BCUT2D eigenvalue weighted by atomic mass is 9.95. The smallest absolute Gasteiger partial charge is 0.305 e. The molecule has 1 amide bonds. The molecule has 1 unspecified atom stereocenters. The van der Waals surface area contributed by atoms with Crippen LogP contribution in [0.4, 0.5) is 5.82 Å². The number of nitrogens with zero attached hydrogens (tertiary/aromatic N) is 1. The highest BCUT2D eigenvalue weighted by Gasteiger charge is 2.15. The second-order valence-corrected chi connectivity index (χ2v) is 8.15. The zero-order valence-electron chi connectivity index (χ0n) is 18.4. The number of rotatable bonds is 10. The first-order valence-electron chi connectivity index (χ1n) is 10.8. The van der Waals surface area contributed by atoms with E-state index in [9.17, 15) is 9.59 Å². The number of benzene rings is 2. The largest absolute Gasteiger partial charge is 0.481 e. The van der Waals surface area contributed by atoms with Crippen molar-refractivity contribution in [1.29, 1.82) is 0 Å². The Hall–Kier alpha value is -3.67. The minimum atomic E-state index is -0.948. The maximum Gasteiger partial charge on any atom is 0.305 e. The minimum absolute atomic E-state index is 0.0857. The Kier molecular flexibility index (Phi) is 7.97. The highest BCUT2D eigenvalue weighted by molar-refractivity contribution is 5.94. The summed E-state index contributed by atoms with van der Waals surface area (Å²) in [6.07, 6.45) is 2.33. The van der Waals surface area contributed by atoms with Gasteiger partial charge in [0.2, 0.25) is 0 Å². The van der Waals surface area contributed by atoms with Crippen molar-refractivity contribution >= 4 is 17.7 Å². The molecule has 0 fully saturated rings. The number of carboxylic acid groups (broad SMARTS) is 1. The highest BCUT2D eigenvalue weighted by Crippen LogP contribution is 2.28. The van der Waals surface area contributed by atoms with Crippen LogP contribution in [-0.4, -0.2) is 28.5 Å². The molecule has 3 aromatic rings. The van der Waals surface area contributed by atoms with Crippen molar-refractivity contribution in [2.75, 3.05) is 11.9 Å². The molecule has 0 aliphatic rings. The maximum atomic E-state index is 12.1. The zero-order chi connectivity index (χ0) is 22.9. The maximum absolute atomic E-state index is 12.1. The number of anilines is 1. The Morgan fingerprint density at radius 2 is 1.62 bits per heavy atom. The van der Waals surface area contributed by atoms with Crippen molar-refractivity contribution in [3.8, 4) is 11.1 Å². The van der Waals surface area contributed by atoms with Crippen molar-refractivity contribution in [2.45, 2.75) is 32.7 Å². The molecule has 166 valence electrons. The summed E-state index contributed by atoms with van der Waals surface area (Å²) in [5.41, 5.74) is 3.93. The Labute approximate surface area is 188 Å². The third kappa shape index (κ3) is 6.67. The highest BCUT2D eigenvalue weighted by atomic mass is 16.4. The molecule has 1 heterocycles. The van der Waals surface area contributed by atoms with Gasteiger partial charge in [-0.2, -0.15) is 0 Å². The molecule has 0 spiro atoms. The molecular formula is C26H29N3O3. The predicted molar refractivity (Wildman–Crippen MR) is 127 cm³/mol. The summed E-state index contributed by atoms with van der Waals surface area (Å²) in [5, 5.41) is 14.7. The third-order valence-electron chi connectivity index (χ3n) is 5.10.